The van der Waals surface area contributed by atoms with Gasteiger partial charge < -0.3 is 14.5 Å². The summed E-state index contributed by atoms with van der Waals surface area (Å²) in [6.07, 6.45) is 4.19. The molecule has 170 valence electrons. The molecular weight excluding hydrogens is 414 g/mol. The van der Waals surface area contributed by atoms with Gasteiger partial charge in [0.05, 0.1) is 13.5 Å². The van der Waals surface area contributed by atoms with E-state index in [-0.39, 0.29) is 18.2 Å². The molecule has 6 heteroatoms. The number of benzene rings is 2. The minimum Gasteiger partial charge on any atom is -0.496 e. The maximum Gasteiger partial charge on any atom is 0.245 e. The van der Waals surface area contributed by atoms with E-state index in [9.17, 15) is 9.59 Å². The molecule has 6 nitrogen and oxygen atoms in total. The first-order valence-corrected chi connectivity index (χ1v) is 11.3. The molecule has 1 aromatic heterocycles. The number of piperazine rings is 1. The molecule has 0 saturated carbocycles. The third kappa shape index (κ3) is 4.90. The number of para-hydroxylation sites is 1. The number of ether oxygens (including phenoxy) is 1. The number of hydrogen-bond acceptors (Lipinski definition) is 4. The molecular formula is C27H29N3O3. The number of rotatable bonds is 7. The Bertz CT molecular complexity index is 1120. The van der Waals surface area contributed by atoms with Gasteiger partial charge in [0.2, 0.25) is 11.8 Å². The van der Waals surface area contributed by atoms with Gasteiger partial charge in [0.25, 0.3) is 0 Å². The van der Waals surface area contributed by atoms with Crippen molar-refractivity contribution in [3.63, 3.8) is 0 Å². The second kappa shape index (κ2) is 10.3. The van der Waals surface area contributed by atoms with Crippen LogP contribution in [0.1, 0.15) is 18.1 Å². The van der Waals surface area contributed by atoms with Crippen LogP contribution < -0.4 is 4.74 Å². The normalized spacial score (nSPS) is 16.1. The summed E-state index contributed by atoms with van der Waals surface area (Å²) in [4.78, 5) is 34.5. The Balaban J connectivity index is 1.64. The highest BCUT2D eigenvalue weighted by molar-refractivity contribution is 5.90. The van der Waals surface area contributed by atoms with Crippen molar-refractivity contribution in [1.82, 2.24) is 14.8 Å². The summed E-state index contributed by atoms with van der Waals surface area (Å²) < 4.78 is 5.43. The van der Waals surface area contributed by atoms with Crippen LogP contribution in [0.2, 0.25) is 0 Å². The minimum atomic E-state index is -0.538. The molecule has 2 heterocycles. The predicted octanol–water partition coefficient (Wildman–Crippen LogP) is 3.60. The van der Waals surface area contributed by atoms with Gasteiger partial charge >= 0.3 is 0 Å². The molecule has 2 aromatic carbocycles. The number of hydrogen-bond donors (Lipinski definition) is 0. The van der Waals surface area contributed by atoms with Crippen LogP contribution >= 0.6 is 0 Å². The van der Waals surface area contributed by atoms with E-state index in [0.717, 1.165) is 22.3 Å². The van der Waals surface area contributed by atoms with Crippen molar-refractivity contribution in [2.45, 2.75) is 25.8 Å². The molecule has 1 unspecified atom stereocenters. The first-order chi connectivity index (χ1) is 16.1. The second-order valence-electron chi connectivity index (χ2n) is 8.11. The highest BCUT2D eigenvalue weighted by Crippen LogP contribution is 2.27. The van der Waals surface area contributed by atoms with Crippen LogP contribution in [0, 0.1) is 0 Å². The Morgan fingerprint density at radius 2 is 1.70 bits per heavy atom. The van der Waals surface area contributed by atoms with Crippen LogP contribution in [0.5, 0.6) is 5.75 Å². The molecule has 0 N–H and O–H groups in total. The van der Waals surface area contributed by atoms with Gasteiger partial charge in [-0.25, -0.2) is 0 Å². The number of likely N-dealkylation sites (N-methyl/N-ethyl adjacent to an activating group) is 1. The van der Waals surface area contributed by atoms with Crippen molar-refractivity contribution in [2.24, 2.45) is 0 Å². The minimum absolute atomic E-state index is 0.00154. The number of carbonyl (C=O) groups is 2. The number of pyridine rings is 1. The number of amides is 2. The first-order valence-electron chi connectivity index (χ1n) is 11.3. The molecule has 3 aromatic rings. The molecule has 1 aliphatic rings. The predicted molar refractivity (Wildman–Crippen MR) is 128 cm³/mol. The molecule has 0 bridgehead atoms. The van der Waals surface area contributed by atoms with Gasteiger partial charge in [-0.15, -0.1) is 0 Å². The van der Waals surface area contributed by atoms with Gasteiger partial charge in [-0.2, -0.15) is 0 Å². The van der Waals surface area contributed by atoms with Gasteiger partial charge in [0, 0.05) is 44.0 Å². The van der Waals surface area contributed by atoms with E-state index in [1.165, 1.54) is 0 Å². The van der Waals surface area contributed by atoms with Crippen LogP contribution in [0.15, 0.2) is 73.1 Å². The molecule has 1 aliphatic heterocycles. The van der Waals surface area contributed by atoms with Crippen LogP contribution in [0.4, 0.5) is 0 Å². The van der Waals surface area contributed by atoms with Crippen LogP contribution in [-0.4, -0.2) is 59.4 Å². The number of nitrogens with zero attached hydrogens (tertiary/aromatic N) is 3. The van der Waals surface area contributed by atoms with E-state index >= 15 is 0 Å². The summed E-state index contributed by atoms with van der Waals surface area (Å²) >= 11 is 0. The molecule has 0 spiro atoms. The molecule has 33 heavy (non-hydrogen) atoms. The van der Waals surface area contributed by atoms with Crippen LogP contribution in [0.25, 0.3) is 11.1 Å². The highest BCUT2D eigenvalue weighted by atomic mass is 16.5. The zero-order chi connectivity index (χ0) is 23.2. The molecule has 4 rings (SSSR count). The van der Waals surface area contributed by atoms with E-state index < -0.39 is 6.04 Å². The zero-order valence-electron chi connectivity index (χ0n) is 19.1. The van der Waals surface area contributed by atoms with E-state index in [1.54, 1.807) is 24.4 Å². The summed E-state index contributed by atoms with van der Waals surface area (Å²) in [6, 6.07) is 19.0. The lowest BCUT2D eigenvalue weighted by molar-refractivity contribution is -0.150. The lowest BCUT2D eigenvalue weighted by atomic mass is 9.93. The van der Waals surface area contributed by atoms with Gasteiger partial charge in [-0.05, 0) is 41.8 Å². The van der Waals surface area contributed by atoms with Gasteiger partial charge in [0.1, 0.15) is 11.8 Å². The number of methoxy groups -OCH3 is 1. The fourth-order valence-electron chi connectivity index (χ4n) is 4.48. The number of aromatic nitrogens is 1. The van der Waals surface area contributed by atoms with Crippen molar-refractivity contribution in [1.29, 1.82) is 0 Å². The first kappa shape index (κ1) is 22.5. The highest BCUT2D eigenvalue weighted by Gasteiger charge is 2.37. The average Bonchev–Trinajstić information content (AvgIpc) is 2.86. The van der Waals surface area contributed by atoms with Gasteiger partial charge in [0.15, 0.2) is 0 Å². The quantitative estimate of drug-likeness (QED) is 0.560. The molecule has 1 atom stereocenters. The maximum absolute atomic E-state index is 13.4. The van der Waals surface area contributed by atoms with E-state index in [2.05, 4.69) is 11.1 Å². The topological polar surface area (TPSA) is 62.7 Å². The summed E-state index contributed by atoms with van der Waals surface area (Å²) in [5, 5.41) is 0. The maximum atomic E-state index is 13.4. The number of carbonyl (C=O) groups excluding carboxylic acids is 2. The molecule has 0 radical (unpaired) electrons. The third-order valence-corrected chi connectivity index (χ3v) is 6.24. The summed E-state index contributed by atoms with van der Waals surface area (Å²) in [7, 11) is 1.60. The standard InChI is InChI=1S/C27H29N3O3/c1-3-29-16-17-30(26(31)19-22-9-5-7-11-25(22)33-2)24(27(29)32)18-21-8-4-6-10-23(21)20-12-14-28-15-13-20/h4-15,24H,3,16-19H2,1-2H3. The third-order valence-electron chi connectivity index (χ3n) is 6.24. The molecule has 1 fully saturated rings. The second-order valence-corrected chi connectivity index (χ2v) is 8.11. The van der Waals surface area contributed by atoms with Crippen molar-refractivity contribution in [3.05, 3.63) is 84.2 Å². The SMILES string of the molecule is CCN1CCN(C(=O)Cc2ccccc2OC)C(Cc2ccccc2-c2ccncc2)C1=O. The van der Waals surface area contributed by atoms with Gasteiger partial charge in [-0.1, -0.05) is 42.5 Å². The lowest BCUT2D eigenvalue weighted by Gasteiger charge is -2.40. The molecule has 1 saturated heterocycles. The Labute approximate surface area is 194 Å². The molecule has 0 aliphatic carbocycles. The van der Waals surface area contributed by atoms with Gasteiger partial charge in [-0.3, -0.25) is 14.6 Å². The van der Waals surface area contributed by atoms with E-state index in [0.29, 0.717) is 31.8 Å². The Kier molecular flexibility index (Phi) is 7.03. The fourth-order valence-corrected chi connectivity index (χ4v) is 4.48. The van der Waals surface area contributed by atoms with Crippen LogP contribution in [-0.2, 0) is 22.4 Å². The molecule has 2 amide bonds. The van der Waals surface area contributed by atoms with Crippen LogP contribution in [0.3, 0.4) is 0 Å². The van der Waals surface area contributed by atoms with Crippen molar-refractivity contribution >= 4 is 11.8 Å². The van der Waals surface area contributed by atoms with E-state index in [4.69, 9.17) is 4.74 Å². The summed E-state index contributed by atoms with van der Waals surface area (Å²) in [6.45, 7) is 3.69. The lowest BCUT2D eigenvalue weighted by Crippen LogP contribution is -2.59. The Hall–Kier alpha value is -3.67. The van der Waals surface area contributed by atoms with E-state index in [1.807, 2.05) is 66.4 Å². The van der Waals surface area contributed by atoms with Crippen molar-refractivity contribution < 1.29 is 14.3 Å². The summed E-state index contributed by atoms with van der Waals surface area (Å²) in [5.41, 5.74) is 3.96. The monoisotopic (exact) mass is 443 g/mol. The summed E-state index contributed by atoms with van der Waals surface area (Å²) in [5.74, 6) is 0.626. The largest absolute Gasteiger partial charge is 0.496 e. The Morgan fingerprint density at radius 3 is 2.42 bits per heavy atom. The van der Waals surface area contributed by atoms with Crippen molar-refractivity contribution in [3.8, 4) is 16.9 Å². The smallest absolute Gasteiger partial charge is 0.245 e. The van der Waals surface area contributed by atoms with Crippen molar-refractivity contribution in [2.75, 3.05) is 26.7 Å². The zero-order valence-corrected chi connectivity index (χ0v) is 19.1. The fraction of sp³-hybridized carbons (Fsp3) is 0.296. The average molecular weight is 444 g/mol. The Morgan fingerprint density at radius 1 is 1.00 bits per heavy atom.